The van der Waals surface area contributed by atoms with Gasteiger partial charge in [0, 0.05) is 7.11 Å². The van der Waals surface area contributed by atoms with Gasteiger partial charge in [-0.15, -0.1) is 0 Å². The molecule has 2 unspecified atom stereocenters. The van der Waals surface area contributed by atoms with E-state index >= 15 is 0 Å². The Kier molecular flexibility index (Phi) is 12.0. The Morgan fingerprint density at radius 3 is 1.55 bits per heavy atom. The van der Waals surface area contributed by atoms with Crippen molar-refractivity contribution in [2.75, 3.05) is 20.3 Å². The topological polar surface area (TPSA) is 69.9 Å². The Balaban J connectivity index is 0. The summed E-state index contributed by atoms with van der Waals surface area (Å²) in [6.07, 6.45) is -0.884. The maximum Gasteiger partial charge on any atom is 0.0745 e. The van der Waals surface area contributed by atoms with E-state index in [0.717, 1.165) is 0 Å². The molecule has 2 atom stereocenters. The van der Waals surface area contributed by atoms with Gasteiger partial charge in [0.2, 0.25) is 0 Å². The summed E-state index contributed by atoms with van der Waals surface area (Å²) in [5.74, 6) is 0. The Hall–Kier alpha value is -0.160. The third-order valence-electron chi connectivity index (χ3n) is 0.672. The molecule has 0 rings (SSSR count). The van der Waals surface area contributed by atoms with Crippen LogP contribution in [-0.2, 0) is 4.74 Å². The predicted octanol–water partition coefficient (Wildman–Crippen LogP) is -0.627. The van der Waals surface area contributed by atoms with E-state index in [0.29, 0.717) is 6.61 Å². The van der Waals surface area contributed by atoms with E-state index in [9.17, 15) is 0 Å². The zero-order chi connectivity index (χ0) is 9.28. The summed E-state index contributed by atoms with van der Waals surface area (Å²) in [5.41, 5.74) is 0. The van der Waals surface area contributed by atoms with E-state index in [2.05, 4.69) is 4.74 Å². The lowest BCUT2D eigenvalue weighted by Gasteiger charge is -1.97. The van der Waals surface area contributed by atoms with Gasteiger partial charge in [0.1, 0.15) is 0 Å². The lowest BCUT2D eigenvalue weighted by atomic mass is 10.5. The number of ether oxygens (including phenoxy) is 1. The highest BCUT2D eigenvalue weighted by Crippen LogP contribution is 1.75. The van der Waals surface area contributed by atoms with Crippen molar-refractivity contribution in [3.05, 3.63) is 0 Å². The standard InChI is InChI=1S/C4H10O2.C3H8O2/c1-4(5)3-6-2;1-3(5)2-4/h4-5H,3H2,1-2H3;3-5H,2H2,1H3. The van der Waals surface area contributed by atoms with E-state index in [1.54, 1.807) is 14.0 Å². The fourth-order valence-electron chi connectivity index (χ4n) is 0.241. The van der Waals surface area contributed by atoms with Crippen molar-refractivity contribution in [2.24, 2.45) is 0 Å². The van der Waals surface area contributed by atoms with Crippen LogP contribution in [0.5, 0.6) is 0 Å². The van der Waals surface area contributed by atoms with E-state index in [1.807, 2.05) is 0 Å². The molecule has 70 valence electrons. The number of hydrogen-bond acceptors (Lipinski definition) is 4. The molecule has 4 heteroatoms. The molecule has 0 heterocycles. The largest absolute Gasteiger partial charge is 0.394 e. The summed E-state index contributed by atoms with van der Waals surface area (Å²) in [4.78, 5) is 0. The molecular formula is C7H18O4. The average Bonchev–Trinajstić information content (AvgIpc) is 1.89. The Bertz CT molecular complexity index is 63.5. The van der Waals surface area contributed by atoms with Gasteiger partial charge in [0.05, 0.1) is 25.4 Å². The molecule has 0 aliphatic rings. The molecule has 3 N–H and O–H groups in total. The monoisotopic (exact) mass is 166 g/mol. The highest BCUT2D eigenvalue weighted by Gasteiger charge is 1.87. The van der Waals surface area contributed by atoms with Crippen LogP contribution >= 0.6 is 0 Å². The smallest absolute Gasteiger partial charge is 0.0745 e. The van der Waals surface area contributed by atoms with Crippen LogP contribution in [0.2, 0.25) is 0 Å². The van der Waals surface area contributed by atoms with Crippen LogP contribution in [-0.4, -0.2) is 47.9 Å². The lowest BCUT2D eigenvalue weighted by Crippen LogP contribution is -2.07. The number of aliphatic hydroxyl groups excluding tert-OH is 3. The molecule has 0 amide bonds. The van der Waals surface area contributed by atoms with E-state index in [-0.39, 0.29) is 12.7 Å². The first-order chi connectivity index (χ1) is 5.04. The van der Waals surface area contributed by atoms with Gasteiger partial charge in [0.25, 0.3) is 0 Å². The summed E-state index contributed by atoms with van der Waals surface area (Å²) >= 11 is 0. The van der Waals surface area contributed by atoms with Crippen LogP contribution in [0.4, 0.5) is 0 Å². The van der Waals surface area contributed by atoms with Crippen LogP contribution in [0, 0.1) is 0 Å². The third kappa shape index (κ3) is 25.8. The maximum atomic E-state index is 8.43. The second-order valence-electron chi connectivity index (χ2n) is 2.34. The Morgan fingerprint density at radius 1 is 1.18 bits per heavy atom. The summed E-state index contributed by atoms with van der Waals surface area (Å²) < 4.78 is 4.55. The Morgan fingerprint density at radius 2 is 1.55 bits per heavy atom. The number of rotatable bonds is 3. The number of aliphatic hydroxyl groups is 3. The van der Waals surface area contributed by atoms with Crippen LogP contribution in [0.25, 0.3) is 0 Å². The third-order valence-corrected chi connectivity index (χ3v) is 0.672. The summed E-state index contributed by atoms with van der Waals surface area (Å²) in [5, 5.41) is 24.4. The molecule has 0 aliphatic heterocycles. The first-order valence-electron chi connectivity index (χ1n) is 3.50. The molecule has 4 nitrogen and oxygen atoms in total. The fourth-order valence-corrected chi connectivity index (χ4v) is 0.241. The second kappa shape index (κ2) is 9.84. The van der Waals surface area contributed by atoms with Crippen molar-refractivity contribution in [3.63, 3.8) is 0 Å². The minimum atomic E-state index is -0.560. The molecule has 0 saturated heterocycles. The molecule has 0 aromatic rings. The van der Waals surface area contributed by atoms with Crippen LogP contribution in [0.3, 0.4) is 0 Å². The molecule has 0 aromatic carbocycles. The quantitative estimate of drug-likeness (QED) is 0.522. The molecule has 0 radical (unpaired) electrons. The fraction of sp³-hybridized carbons (Fsp3) is 1.00. The molecule has 0 aromatic heterocycles. The molecule has 0 fully saturated rings. The highest BCUT2D eigenvalue weighted by atomic mass is 16.5. The molecule has 0 bridgehead atoms. The zero-order valence-electron chi connectivity index (χ0n) is 7.32. The minimum absolute atomic E-state index is 0.139. The zero-order valence-corrected chi connectivity index (χ0v) is 7.32. The molecular weight excluding hydrogens is 148 g/mol. The molecule has 0 saturated carbocycles. The van der Waals surface area contributed by atoms with Crippen molar-refractivity contribution in [2.45, 2.75) is 26.1 Å². The summed E-state index contributed by atoms with van der Waals surface area (Å²) in [6.45, 7) is 3.50. The van der Waals surface area contributed by atoms with Gasteiger partial charge in [-0.05, 0) is 13.8 Å². The lowest BCUT2D eigenvalue weighted by molar-refractivity contribution is 0.0765. The first-order valence-corrected chi connectivity index (χ1v) is 3.50. The van der Waals surface area contributed by atoms with E-state index in [4.69, 9.17) is 15.3 Å². The van der Waals surface area contributed by atoms with E-state index in [1.165, 1.54) is 6.92 Å². The van der Waals surface area contributed by atoms with E-state index < -0.39 is 6.10 Å². The summed E-state index contributed by atoms with van der Waals surface area (Å²) in [6, 6.07) is 0. The van der Waals surface area contributed by atoms with Gasteiger partial charge in [-0.2, -0.15) is 0 Å². The molecule has 0 aliphatic carbocycles. The first kappa shape index (κ1) is 13.4. The maximum absolute atomic E-state index is 8.43. The van der Waals surface area contributed by atoms with Crippen LogP contribution in [0.1, 0.15) is 13.8 Å². The second-order valence-corrected chi connectivity index (χ2v) is 2.34. The van der Waals surface area contributed by atoms with Crippen molar-refractivity contribution in [1.29, 1.82) is 0 Å². The predicted molar refractivity (Wildman–Crippen MR) is 42.3 cm³/mol. The van der Waals surface area contributed by atoms with Gasteiger partial charge in [-0.1, -0.05) is 0 Å². The molecule has 0 spiro atoms. The normalized spacial score (nSPS) is 14.7. The summed E-state index contributed by atoms with van der Waals surface area (Å²) in [7, 11) is 1.56. The number of hydrogen-bond donors (Lipinski definition) is 3. The van der Waals surface area contributed by atoms with Crippen LogP contribution < -0.4 is 0 Å². The van der Waals surface area contributed by atoms with Crippen molar-refractivity contribution in [3.8, 4) is 0 Å². The van der Waals surface area contributed by atoms with Crippen molar-refractivity contribution >= 4 is 0 Å². The van der Waals surface area contributed by atoms with Gasteiger partial charge in [0.15, 0.2) is 0 Å². The Labute approximate surface area is 67.4 Å². The average molecular weight is 166 g/mol. The van der Waals surface area contributed by atoms with Gasteiger partial charge in [-0.3, -0.25) is 0 Å². The van der Waals surface area contributed by atoms with Crippen molar-refractivity contribution < 1.29 is 20.1 Å². The van der Waals surface area contributed by atoms with Crippen LogP contribution in [0.15, 0.2) is 0 Å². The number of methoxy groups -OCH3 is 1. The van der Waals surface area contributed by atoms with Gasteiger partial charge >= 0.3 is 0 Å². The molecule has 11 heavy (non-hydrogen) atoms. The highest BCUT2D eigenvalue weighted by molar-refractivity contribution is 4.36. The van der Waals surface area contributed by atoms with Crippen molar-refractivity contribution in [1.82, 2.24) is 0 Å². The SMILES string of the molecule is CC(O)CO.COCC(C)O. The van der Waals surface area contributed by atoms with Gasteiger partial charge < -0.3 is 20.1 Å². The van der Waals surface area contributed by atoms with Gasteiger partial charge in [-0.25, -0.2) is 0 Å². The minimum Gasteiger partial charge on any atom is -0.394 e.